The van der Waals surface area contributed by atoms with Crippen LogP contribution in [0.3, 0.4) is 0 Å². The number of pyridine rings is 1. The molecule has 148 valence electrons. The minimum atomic E-state index is -4.80. The van der Waals surface area contributed by atoms with E-state index in [4.69, 9.17) is 0 Å². The van der Waals surface area contributed by atoms with Crippen LogP contribution in [0.1, 0.15) is 35.8 Å². The first-order valence-corrected chi connectivity index (χ1v) is 8.58. The molecule has 0 saturated carbocycles. The van der Waals surface area contributed by atoms with Crippen LogP contribution >= 0.6 is 0 Å². The quantitative estimate of drug-likeness (QED) is 0.654. The van der Waals surface area contributed by atoms with E-state index in [0.717, 1.165) is 0 Å². The summed E-state index contributed by atoms with van der Waals surface area (Å²) in [5.41, 5.74) is 1.24. The molecule has 2 aromatic heterocycles. The van der Waals surface area contributed by atoms with Gasteiger partial charge in [-0.05, 0) is 26.0 Å². The minimum absolute atomic E-state index is 0.0472. The molecule has 0 atom stereocenters. The van der Waals surface area contributed by atoms with Crippen LogP contribution in [0.5, 0.6) is 5.75 Å². The van der Waals surface area contributed by atoms with Gasteiger partial charge in [-0.3, -0.25) is 4.79 Å². The Bertz CT molecular complexity index is 998. The number of nitrogens with zero attached hydrogens (tertiary/aromatic N) is 4. The van der Waals surface area contributed by atoms with E-state index in [1.165, 1.54) is 36.3 Å². The Balaban J connectivity index is 1.81. The predicted molar refractivity (Wildman–Crippen MR) is 96.8 cm³/mol. The van der Waals surface area contributed by atoms with Crippen LogP contribution in [-0.2, 0) is 6.54 Å². The molecule has 0 aliphatic carbocycles. The smallest absolute Gasteiger partial charge is 0.405 e. The van der Waals surface area contributed by atoms with Crippen molar-refractivity contribution in [1.29, 1.82) is 0 Å². The summed E-state index contributed by atoms with van der Waals surface area (Å²) in [5, 5.41) is 4.98. The van der Waals surface area contributed by atoms with Gasteiger partial charge in [-0.15, -0.1) is 13.2 Å². The average molecular weight is 392 g/mol. The highest BCUT2D eigenvalue weighted by atomic mass is 19.4. The van der Waals surface area contributed by atoms with Gasteiger partial charge in [0, 0.05) is 36.8 Å². The minimum Gasteiger partial charge on any atom is -0.405 e. The third-order valence-corrected chi connectivity index (χ3v) is 4.12. The third-order valence-electron chi connectivity index (χ3n) is 4.12. The van der Waals surface area contributed by atoms with E-state index in [0.29, 0.717) is 16.6 Å². The SMILES string of the molecule is CC(C)n1ncc2cc(C(=O)N(C)Cc3ccccc3OC(F)(F)F)cnc21. The molecule has 2 heterocycles. The normalized spacial score (nSPS) is 11.8. The number of alkyl halides is 3. The largest absolute Gasteiger partial charge is 0.573 e. The predicted octanol–water partition coefficient (Wildman–Crippen LogP) is 4.18. The van der Waals surface area contributed by atoms with Crippen molar-refractivity contribution >= 4 is 16.9 Å². The Hall–Kier alpha value is -3.10. The summed E-state index contributed by atoms with van der Waals surface area (Å²) in [6.07, 6.45) is -1.73. The van der Waals surface area contributed by atoms with Gasteiger partial charge in [0.15, 0.2) is 5.65 Å². The van der Waals surface area contributed by atoms with Crippen molar-refractivity contribution in [2.45, 2.75) is 32.8 Å². The number of para-hydroxylation sites is 1. The zero-order valence-corrected chi connectivity index (χ0v) is 15.6. The highest BCUT2D eigenvalue weighted by Crippen LogP contribution is 2.27. The van der Waals surface area contributed by atoms with Crippen molar-refractivity contribution in [3.63, 3.8) is 0 Å². The van der Waals surface area contributed by atoms with Gasteiger partial charge in [0.05, 0.1) is 11.8 Å². The number of hydrogen-bond acceptors (Lipinski definition) is 4. The summed E-state index contributed by atoms with van der Waals surface area (Å²) in [6.45, 7) is 3.90. The molecule has 1 aromatic carbocycles. The van der Waals surface area contributed by atoms with Crippen LogP contribution < -0.4 is 4.74 Å². The summed E-state index contributed by atoms with van der Waals surface area (Å²) in [6, 6.07) is 7.53. The van der Waals surface area contributed by atoms with Gasteiger partial charge in [0.1, 0.15) is 5.75 Å². The zero-order valence-electron chi connectivity index (χ0n) is 15.6. The molecule has 28 heavy (non-hydrogen) atoms. The van der Waals surface area contributed by atoms with Crippen LogP contribution in [0.25, 0.3) is 11.0 Å². The van der Waals surface area contributed by atoms with Gasteiger partial charge in [0.2, 0.25) is 0 Å². The molecule has 0 spiro atoms. The standard InChI is InChI=1S/C19H19F3N4O2/c1-12(2)26-17-14(10-24-26)8-15(9-23-17)18(27)25(3)11-13-6-4-5-7-16(13)28-19(20,21)22/h4-10,12H,11H2,1-3H3. The second kappa shape index (κ2) is 7.49. The van der Waals surface area contributed by atoms with Crippen molar-refractivity contribution in [2.75, 3.05) is 7.05 Å². The molecule has 0 bridgehead atoms. The number of rotatable bonds is 5. The molecular weight excluding hydrogens is 373 g/mol. The van der Waals surface area contributed by atoms with E-state index < -0.39 is 6.36 Å². The molecule has 0 radical (unpaired) electrons. The number of aromatic nitrogens is 3. The van der Waals surface area contributed by atoms with E-state index in [1.807, 2.05) is 13.8 Å². The monoisotopic (exact) mass is 392 g/mol. The van der Waals surface area contributed by atoms with E-state index >= 15 is 0 Å². The maximum Gasteiger partial charge on any atom is 0.573 e. The van der Waals surface area contributed by atoms with Crippen LogP contribution in [0.15, 0.2) is 42.7 Å². The van der Waals surface area contributed by atoms with Gasteiger partial charge in [-0.1, -0.05) is 18.2 Å². The molecule has 0 unspecified atom stereocenters. The molecule has 0 saturated heterocycles. The molecule has 0 aliphatic heterocycles. The van der Waals surface area contributed by atoms with E-state index in [-0.39, 0.29) is 29.8 Å². The molecular formula is C19H19F3N4O2. The lowest BCUT2D eigenvalue weighted by molar-refractivity contribution is -0.275. The summed E-state index contributed by atoms with van der Waals surface area (Å²) in [7, 11) is 1.51. The first kappa shape index (κ1) is 19.7. The molecule has 3 rings (SSSR count). The van der Waals surface area contributed by atoms with E-state index in [1.54, 1.807) is 23.0 Å². The van der Waals surface area contributed by atoms with E-state index in [9.17, 15) is 18.0 Å². The van der Waals surface area contributed by atoms with Crippen LogP contribution in [0.2, 0.25) is 0 Å². The third kappa shape index (κ3) is 4.24. The van der Waals surface area contributed by atoms with Gasteiger partial charge < -0.3 is 9.64 Å². The van der Waals surface area contributed by atoms with Crippen LogP contribution in [0.4, 0.5) is 13.2 Å². The van der Waals surface area contributed by atoms with Crippen molar-refractivity contribution in [1.82, 2.24) is 19.7 Å². The number of ether oxygens (including phenoxy) is 1. The number of carbonyl (C=O) groups excluding carboxylic acids is 1. The average Bonchev–Trinajstić information content (AvgIpc) is 3.05. The number of carbonyl (C=O) groups is 1. The zero-order chi connectivity index (χ0) is 20.5. The van der Waals surface area contributed by atoms with Crippen molar-refractivity contribution in [3.05, 3.63) is 53.9 Å². The number of benzene rings is 1. The van der Waals surface area contributed by atoms with Gasteiger partial charge in [-0.2, -0.15) is 5.10 Å². The highest BCUT2D eigenvalue weighted by Gasteiger charge is 2.32. The topological polar surface area (TPSA) is 60.2 Å². The molecule has 1 amide bonds. The first-order valence-electron chi connectivity index (χ1n) is 8.58. The lowest BCUT2D eigenvalue weighted by Gasteiger charge is -2.20. The fourth-order valence-corrected chi connectivity index (χ4v) is 2.84. The summed E-state index contributed by atoms with van der Waals surface area (Å²) >= 11 is 0. The van der Waals surface area contributed by atoms with Crippen LogP contribution in [-0.4, -0.2) is 39.0 Å². The van der Waals surface area contributed by atoms with Gasteiger partial charge in [-0.25, -0.2) is 9.67 Å². The fourth-order valence-electron chi connectivity index (χ4n) is 2.84. The molecule has 6 nitrogen and oxygen atoms in total. The van der Waals surface area contributed by atoms with Crippen molar-refractivity contribution in [2.24, 2.45) is 0 Å². The van der Waals surface area contributed by atoms with Gasteiger partial charge in [0.25, 0.3) is 5.91 Å². The van der Waals surface area contributed by atoms with Crippen LogP contribution in [0, 0.1) is 0 Å². The molecule has 0 N–H and O–H groups in total. The fraction of sp³-hybridized carbons (Fsp3) is 0.316. The Labute approximate surface area is 159 Å². The lowest BCUT2D eigenvalue weighted by atomic mass is 10.1. The maximum atomic E-state index is 12.7. The number of hydrogen-bond donors (Lipinski definition) is 0. The molecule has 9 heteroatoms. The van der Waals surface area contributed by atoms with Crippen molar-refractivity contribution < 1.29 is 22.7 Å². The Morgan fingerprint density at radius 1 is 1.25 bits per heavy atom. The van der Waals surface area contributed by atoms with E-state index in [2.05, 4.69) is 14.8 Å². The van der Waals surface area contributed by atoms with Crippen molar-refractivity contribution in [3.8, 4) is 5.75 Å². The number of halogens is 3. The second-order valence-corrected chi connectivity index (χ2v) is 6.64. The first-order chi connectivity index (χ1) is 13.2. The number of fused-ring (bicyclic) bond motifs is 1. The Kier molecular flexibility index (Phi) is 5.26. The number of amides is 1. The molecule has 3 aromatic rings. The summed E-state index contributed by atoms with van der Waals surface area (Å²) in [4.78, 5) is 18.4. The Morgan fingerprint density at radius 3 is 2.64 bits per heavy atom. The summed E-state index contributed by atoms with van der Waals surface area (Å²) in [5.74, 6) is -0.699. The maximum absolute atomic E-state index is 12.7. The highest BCUT2D eigenvalue weighted by molar-refractivity contribution is 5.96. The lowest BCUT2D eigenvalue weighted by Crippen LogP contribution is -2.27. The second-order valence-electron chi connectivity index (χ2n) is 6.64. The van der Waals surface area contributed by atoms with Gasteiger partial charge >= 0.3 is 6.36 Å². The summed E-state index contributed by atoms with van der Waals surface area (Å²) < 4.78 is 43.5. The Morgan fingerprint density at radius 2 is 1.96 bits per heavy atom. The molecule has 0 fully saturated rings. The molecule has 0 aliphatic rings.